The molecule has 0 saturated carbocycles. The van der Waals surface area contributed by atoms with E-state index in [1.807, 2.05) is 7.05 Å². The van der Waals surface area contributed by atoms with Gasteiger partial charge in [-0.3, -0.25) is 4.90 Å². The van der Waals surface area contributed by atoms with Gasteiger partial charge in [0.1, 0.15) is 11.6 Å². The Bertz CT molecular complexity index is 460. The normalized spacial score (nSPS) is 21.8. The largest absolute Gasteiger partial charge is 0.373 e. The first kappa shape index (κ1) is 15.2. The van der Waals surface area contributed by atoms with E-state index in [1.54, 1.807) is 0 Å². The van der Waals surface area contributed by atoms with E-state index in [2.05, 4.69) is 43.1 Å². The molecule has 0 amide bonds. The van der Waals surface area contributed by atoms with Gasteiger partial charge < -0.3 is 10.2 Å². The number of aromatic nitrogens is 2. The maximum Gasteiger partial charge on any atom is 0.149 e. The van der Waals surface area contributed by atoms with Crippen LogP contribution in [0.25, 0.3) is 0 Å². The molecule has 1 unspecified atom stereocenters. The first-order valence-electron chi connectivity index (χ1n) is 7.50. The molecule has 1 aromatic heterocycles. The molecule has 1 saturated heterocycles. The fourth-order valence-corrected chi connectivity index (χ4v) is 2.95. The molecule has 0 bridgehead atoms. The van der Waals surface area contributed by atoms with Crippen molar-refractivity contribution in [1.82, 2.24) is 19.8 Å². The minimum absolute atomic E-state index is 0.277. The molecule has 1 N–H and O–H groups in total. The third-order valence-electron chi connectivity index (χ3n) is 4.19. The van der Waals surface area contributed by atoms with Crippen molar-refractivity contribution in [2.45, 2.75) is 32.7 Å². The van der Waals surface area contributed by atoms with E-state index in [-0.39, 0.29) is 6.04 Å². The summed E-state index contributed by atoms with van der Waals surface area (Å²) in [6.07, 6.45) is 2.16. The van der Waals surface area contributed by atoms with Crippen LogP contribution < -0.4 is 5.32 Å². The summed E-state index contributed by atoms with van der Waals surface area (Å²) < 4.78 is 0. The average molecular weight is 277 g/mol. The summed E-state index contributed by atoms with van der Waals surface area (Å²) in [5, 5.41) is 3.23. The van der Waals surface area contributed by atoms with Crippen LogP contribution in [0.15, 0.2) is 0 Å². The summed E-state index contributed by atoms with van der Waals surface area (Å²) in [6, 6.07) is 0.277. The first-order valence-corrected chi connectivity index (χ1v) is 7.50. The molecule has 20 heavy (non-hydrogen) atoms. The maximum atomic E-state index is 4.78. The lowest BCUT2D eigenvalue weighted by atomic mass is 10.1. The highest BCUT2D eigenvalue weighted by atomic mass is 15.2. The number of likely N-dealkylation sites (N-methyl/N-ethyl adjacent to an activating group) is 2. The van der Waals surface area contributed by atoms with Crippen molar-refractivity contribution in [1.29, 1.82) is 0 Å². The predicted octanol–water partition coefficient (Wildman–Crippen LogP) is 1.70. The zero-order chi connectivity index (χ0) is 14.7. The molecular weight excluding hydrogens is 250 g/mol. The lowest BCUT2D eigenvalue weighted by Crippen LogP contribution is -2.32. The Morgan fingerprint density at radius 2 is 2.00 bits per heavy atom. The van der Waals surface area contributed by atoms with Gasteiger partial charge >= 0.3 is 0 Å². The Balaban J connectivity index is 2.37. The van der Waals surface area contributed by atoms with Crippen LogP contribution in [0.5, 0.6) is 0 Å². The molecule has 2 rings (SSSR count). The number of aryl methyl sites for hydroxylation is 1. The second-order valence-corrected chi connectivity index (χ2v) is 5.71. The minimum atomic E-state index is 0.277. The van der Waals surface area contributed by atoms with Crippen molar-refractivity contribution < 1.29 is 0 Å². The van der Waals surface area contributed by atoms with Crippen molar-refractivity contribution >= 4 is 5.82 Å². The summed E-state index contributed by atoms with van der Waals surface area (Å²) in [4.78, 5) is 14.3. The number of hydrogen-bond acceptors (Lipinski definition) is 5. The summed E-state index contributed by atoms with van der Waals surface area (Å²) in [6.45, 7) is 7.47. The lowest BCUT2D eigenvalue weighted by Gasteiger charge is -2.27. The summed E-state index contributed by atoms with van der Waals surface area (Å²) >= 11 is 0. The van der Waals surface area contributed by atoms with Crippen LogP contribution in [0.2, 0.25) is 0 Å². The molecule has 0 radical (unpaired) electrons. The third-order valence-corrected chi connectivity index (χ3v) is 4.19. The Hall–Kier alpha value is -1.20. The van der Waals surface area contributed by atoms with Gasteiger partial charge in [0.15, 0.2) is 0 Å². The van der Waals surface area contributed by atoms with Gasteiger partial charge in [-0.05, 0) is 47.0 Å². The molecule has 1 fully saturated rings. The molecule has 0 aliphatic carbocycles. The van der Waals surface area contributed by atoms with Crippen LogP contribution in [-0.4, -0.2) is 60.5 Å². The molecule has 1 aliphatic heterocycles. The van der Waals surface area contributed by atoms with E-state index >= 15 is 0 Å². The fourth-order valence-electron chi connectivity index (χ4n) is 2.95. The zero-order valence-corrected chi connectivity index (χ0v) is 13.4. The van der Waals surface area contributed by atoms with Crippen LogP contribution in [0, 0.1) is 6.92 Å². The van der Waals surface area contributed by atoms with E-state index in [0.29, 0.717) is 0 Å². The summed E-state index contributed by atoms with van der Waals surface area (Å²) in [7, 11) is 6.29. The van der Waals surface area contributed by atoms with Gasteiger partial charge in [0.25, 0.3) is 0 Å². The molecular formula is C15H27N5. The van der Waals surface area contributed by atoms with Crippen molar-refractivity contribution in [3.63, 3.8) is 0 Å². The zero-order valence-electron chi connectivity index (χ0n) is 13.4. The monoisotopic (exact) mass is 277 g/mol. The fraction of sp³-hybridized carbons (Fsp3) is 0.733. The molecule has 0 aromatic carbocycles. The lowest BCUT2D eigenvalue weighted by molar-refractivity contribution is 0.219. The van der Waals surface area contributed by atoms with Gasteiger partial charge in [-0.2, -0.15) is 0 Å². The van der Waals surface area contributed by atoms with Gasteiger partial charge in [0.05, 0.1) is 6.04 Å². The molecule has 112 valence electrons. The Morgan fingerprint density at radius 3 is 2.65 bits per heavy atom. The van der Waals surface area contributed by atoms with Gasteiger partial charge in [0.2, 0.25) is 0 Å². The number of anilines is 1. The van der Waals surface area contributed by atoms with E-state index in [4.69, 9.17) is 9.97 Å². The second-order valence-electron chi connectivity index (χ2n) is 5.71. The van der Waals surface area contributed by atoms with Gasteiger partial charge in [-0.1, -0.05) is 6.92 Å². The van der Waals surface area contributed by atoms with Crippen molar-refractivity contribution in [2.75, 3.05) is 46.1 Å². The first-order chi connectivity index (χ1) is 9.56. The molecule has 0 spiro atoms. The van der Waals surface area contributed by atoms with E-state index in [1.165, 1.54) is 12.0 Å². The Labute approximate surface area is 122 Å². The topological polar surface area (TPSA) is 44.3 Å². The SMILES string of the molecule is CCc1c(C)nc(C2CN(C)CCCN2C)nc1NC. The van der Waals surface area contributed by atoms with Crippen molar-refractivity contribution in [3.8, 4) is 0 Å². The average Bonchev–Trinajstić information content (AvgIpc) is 2.59. The molecule has 2 heterocycles. The van der Waals surface area contributed by atoms with E-state index in [0.717, 1.165) is 43.4 Å². The smallest absolute Gasteiger partial charge is 0.149 e. The molecule has 1 aromatic rings. The van der Waals surface area contributed by atoms with Crippen LogP contribution in [-0.2, 0) is 6.42 Å². The van der Waals surface area contributed by atoms with Crippen LogP contribution >= 0.6 is 0 Å². The maximum absolute atomic E-state index is 4.78. The highest BCUT2D eigenvalue weighted by molar-refractivity contribution is 5.46. The predicted molar refractivity (Wildman–Crippen MR) is 83.2 cm³/mol. The number of rotatable bonds is 3. The third kappa shape index (κ3) is 3.10. The standard InChI is InChI=1S/C15H27N5/c1-6-12-11(2)17-15(18-14(12)16-3)13-10-19(4)8-7-9-20(13)5/h13H,6-10H2,1-5H3,(H,16,17,18). The van der Waals surface area contributed by atoms with Crippen LogP contribution in [0.3, 0.4) is 0 Å². The summed E-state index contributed by atoms with van der Waals surface area (Å²) in [5.74, 6) is 1.93. The van der Waals surface area contributed by atoms with Crippen LogP contribution in [0.1, 0.15) is 36.5 Å². The van der Waals surface area contributed by atoms with Crippen LogP contribution in [0.4, 0.5) is 5.82 Å². The molecule has 5 nitrogen and oxygen atoms in total. The van der Waals surface area contributed by atoms with E-state index < -0.39 is 0 Å². The number of hydrogen-bond donors (Lipinski definition) is 1. The molecule has 1 atom stereocenters. The van der Waals surface area contributed by atoms with E-state index in [9.17, 15) is 0 Å². The molecule has 5 heteroatoms. The highest BCUT2D eigenvalue weighted by Crippen LogP contribution is 2.24. The number of nitrogens with zero attached hydrogens (tertiary/aromatic N) is 4. The van der Waals surface area contributed by atoms with Gasteiger partial charge in [-0.25, -0.2) is 9.97 Å². The van der Waals surface area contributed by atoms with Crippen molar-refractivity contribution in [3.05, 3.63) is 17.1 Å². The Morgan fingerprint density at radius 1 is 1.25 bits per heavy atom. The minimum Gasteiger partial charge on any atom is -0.373 e. The summed E-state index contributed by atoms with van der Waals surface area (Å²) in [5.41, 5.74) is 2.32. The van der Waals surface area contributed by atoms with Crippen molar-refractivity contribution in [2.24, 2.45) is 0 Å². The highest BCUT2D eigenvalue weighted by Gasteiger charge is 2.25. The Kier molecular flexibility index (Phi) is 4.94. The second kappa shape index (κ2) is 6.50. The quantitative estimate of drug-likeness (QED) is 0.911. The number of nitrogens with one attached hydrogen (secondary N) is 1. The molecule has 1 aliphatic rings. The van der Waals surface area contributed by atoms with Gasteiger partial charge in [-0.15, -0.1) is 0 Å². The van der Waals surface area contributed by atoms with Gasteiger partial charge in [0, 0.05) is 24.8 Å².